The molecule has 98 valence electrons. The fourth-order valence-corrected chi connectivity index (χ4v) is 2.36. The first-order valence-corrected chi connectivity index (χ1v) is 6.41. The molecule has 0 aliphatic carbocycles. The van der Waals surface area contributed by atoms with Crippen molar-refractivity contribution in [2.75, 3.05) is 19.7 Å². The summed E-state index contributed by atoms with van der Waals surface area (Å²) in [5, 5.41) is 9.09. The van der Waals surface area contributed by atoms with Gasteiger partial charge in [-0.25, -0.2) is 0 Å². The van der Waals surface area contributed by atoms with E-state index >= 15 is 0 Å². The zero-order valence-corrected chi connectivity index (χ0v) is 10.5. The van der Waals surface area contributed by atoms with E-state index in [2.05, 4.69) is 4.90 Å². The number of piperidine rings is 1. The van der Waals surface area contributed by atoms with Crippen LogP contribution in [-0.4, -0.2) is 35.6 Å². The van der Waals surface area contributed by atoms with Crippen molar-refractivity contribution in [3.63, 3.8) is 0 Å². The van der Waals surface area contributed by atoms with Gasteiger partial charge in [-0.15, -0.1) is 0 Å². The molecule has 1 fully saturated rings. The van der Waals surface area contributed by atoms with E-state index in [9.17, 15) is 4.79 Å². The second-order valence-corrected chi connectivity index (χ2v) is 4.96. The van der Waals surface area contributed by atoms with Crippen LogP contribution in [0.3, 0.4) is 0 Å². The molecule has 0 saturated carbocycles. The van der Waals surface area contributed by atoms with Crippen LogP contribution in [0.4, 0.5) is 0 Å². The molecule has 1 heterocycles. The van der Waals surface area contributed by atoms with Gasteiger partial charge in [-0.3, -0.25) is 9.69 Å². The second-order valence-electron chi connectivity index (χ2n) is 4.96. The summed E-state index contributed by atoms with van der Waals surface area (Å²) in [5.41, 5.74) is 6.96. The average Bonchev–Trinajstić information content (AvgIpc) is 2.40. The third-order valence-electron chi connectivity index (χ3n) is 3.61. The monoisotopic (exact) mass is 248 g/mol. The molecule has 1 amide bonds. The Morgan fingerprint density at radius 1 is 1.28 bits per heavy atom. The predicted octanol–water partition coefficient (Wildman–Crippen LogP) is 0.990. The van der Waals surface area contributed by atoms with Gasteiger partial charge in [0.05, 0.1) is 0 Å². The van der Waals surface area contributed by atoms with Crippen molar-refractivity contribution in [1.82, 2.24) is 4.90 Å². The van der Waals surface area contributed by atoms with Crippen LogP contribution in [-0.2, 0) is 6.54 Å². The Balaban J connectivity index is 1.88. The van der Waals surface area contributed by atoms with Crippen LogP contribution in [0.1, 0.15) is 28.8 Å². The molecular formula is C14H20N2O2. The molecule has 4 heteroatoms. The lowest BCUT2D eigenvalue weighted by molar-refractivity contribution is 0.100. The van der Waals surface area contributed by atoms with Gasteiger partial charge in [-0.2, -0.15) is 0 Å². The summed E-state index contributed by atoms with van der Waals surface area (Å²) >= 11 is 0. The maximum atomic E-state index is 11.0. The third kappa shape index (κ3) is 3.31. The van der Waals surface area contributed by atoms with Crippen molar-refractivity contribution in [2.45, 2.75) is 19.4 Å². The van der Waals surface area contributed by atoms with Crippen molar-refractivity contribution in [3.8, 4) is 0 Å². The first-order valence-electron chi connectivity index (χ1n) is 6.41. The summed E-state index contributed by atoms with van der Waals surface area (Å²) in [6.45, 7) is 3.27. The highest BCUT2D eigenvalue weighted by Gasteiger charge is 2.18. The van der Waals surface area contributed by atoms with E-state index in [1.807, 2.05) is 12.1 Å². The van der Waals surface area contributed by atoms with Crippen molar-refractivity contribution in [1.29, 1.82) is 0 Å². The number of aliphatic hydroxyl groups is 1. The van der Waals surface area contributed by atoms with Crippen molar-refractivity contribution in [3.05, 3.63) is 35.4 Å². The summed E-state index contributed by atoms with van der Waals surface area (Å²) in [6, 6.07) is 7.47. The lowest BCUT2D eigenvalue weighted by Gasteiger charge is -2.31. The molecule has 1 aliphatic heterocycles. The Hall–Kier alpha value is -1.39. The molecule has 2 rings (SSSR count). The summed E-state index contributed by atoms with van der Waals surface area (Å²) in [6.07, 6.45) is 2.13. The molecule has 0 spiro atoms. The molecule has 0 unspecified atom stereocenters. The number of nitrogens with zero attached hydrogens (tertiary/aromatic N) is 1. The number of carbonyl (C=O) groups excluding carboxylic acids is 1. The van der Waals surface area contributed by atoms with E-state index in [0.717, 1.165) is 32.5 Å². The number of primary amides is 1. The van der Waals surface area contributed by atoms with Gasteiger partial charge < -0.3 is 10.8 Å². The summed E-state index contributed by atoms with van der Waals surface area (Å²) in [7, 11) is 0. The minimum Gasteiger partial charge on any atom is -0.396 e. The molecule has 0 radical (unpaired) electrons. The van der Waals surface area contributed by atoms with Crippen LogP contribution in [0, 0.1) is 5.92 Å². The van der Waals surface area contributed by atoms with Gasteiger partial charge in [0.15, 0.2) is 0 Å². The largest absolute Gasteiger partial charge is 0.396 e. The van der Waals surface area contributed by atoms with Crippen LogP contribution in [0.5, 0.6) is 0 Å². The summed E-state index contributed by atoms with van der Waals surface area (Å²) in [5.74, 6) is 0.0868. The Morgan fingerprint density at radius 3 is 2.39 bits per heavy atom. The molecular weight excluding hydrogens is 228 g/mol. The summed E-state index contributed by atoms with van der Waals surface area (Å²) in [4.78, 5) is 13.3. The average molecular weight is 248 g/mol. The minimum absolute atomic E-state index is 0.307. The smallest absolute Gasteiger partial charge is 0.248 e. The molecule has 0 atom stereocenters. The van der Waals surface area contributed by atoms with Crippen molar-refractivity contribution in [2.24, 2.45) is 11.7 Å². The number of amides is 1. The van der Waals surface area contributed by atoms with Crippen LogP contribution in [0.2, 0.25) is 0 Å². The molecule has 0 bridgehead atoms. The minimum atomic E-state index is -0.384. The standard InChI is InChI=1S/C14H20N2O2/c15-14(18)13-3-1-11(2-4-13)9-16-7-5-12(10-17)6-8-16/h1-4,12,17H,5-10H2,(H2,15,18). The zero-order chi connectivity index (χ0) is 13.0. The van der Waals surface area contributed by atoms with Crippen LogP contribution >= 0.6 is 0 Å². The van der Waals surface area contributed by atoms with Gasteiger partial charge in [0, 0.05) is 18.7 Å². The van der Waals surface area contributed by atoms with E-state index in [-0.39, 0.29) is 5.91 Å². The fraction of sp³-hybridized carbons (Fsp3) is 0.500. The highest BCUT2D eigenvalue weighted by Crippen LogP contribution is 2.18. The quantitative estimate of drug-likeness (QED) is 0.835. The Kier molecular flexibility index (Phi) is 4.33. The normalized spacial score (nSPS) is 17.8. The van der Waals surface area contributed by atoms with Crippen LogP contribution in [0.15, 0.2) is 24.3 Å². The van der Waals surface area contributed by atoms with Crippen molar-refractivity contribution >= 4 is 5.91 Å². The number of nitrogens with two attached hydrogens (primary N) is 1. The van der Waals surface area contributed by atoms with Gasteiger partial charge in [0.1, 0.15) is 0 Å². The van der Waals surface area contributed by atoms with Gasteiger partial charge in [0.25, 0.3) is 0 Å². The molecule has 4 nitrogen and oxygen atoms in total. The van der Waals surface area contributed by atoms with Gasteiger partial charge in [-0.05, 0) is 49.5 Å². The second kappa shape index (κ2) is 5.98. The highest BCUT2D eigenvalue weighted by molar-refractivity contribution is 5.92. The van der Waals surface area contributed by atoms with Crippen LogP contribution in [0.25, 0.3) is 0 Å². The zero-order valence-electron chi connectivity index (χ0n) is 10.5. The topological polar surface area (TPSA) is 66.6 Å². The Bertz CT molecular complexity index is 395. The van der Waals surface area contributed by atoms with E-state index in [4.69, 9.17) is 10.8 Å². The van der Waals surface area contributed by atoms with Crippen LogP contribution < -0.4 is 5.73 Å². The number of aliphatic hydroxyl groups excluding tert-OH is 1. The predicted molar refractivity (Wildman–Crippen MR) is 70.0 cm³/mol. The van der Waals surface area contributed by atoms with E-state index in [0.29, 0.717) is 18.1 Å². The molecule has 1 saturated heterocycles. The molecule has 1 aromatic carbocycles. The molecule has 18 heavy (non-hydrogen) atoms. The lowest BCUT2D eigenvalue weighted by Crippen LogP contribution is -2.34. The van der Waals surface area contributed by atoms with Crippen molar-refractivity contribution < 1.29 is 9.90 Å². The first kappa shape index (κ1) is 13.1. The Morgan fingerprint density at radius 2 is 1.89 bits per heavy atom. The number of hydrogen-bond donors (Lipinski definition) is 2. The van der Waals surface area contributed by atoms with Gasteiger partial charge >= 0.3 is 0 Å². The molecule has 3 N–H and O–H groups in total. The van der Waals surface area contributed by atoms with E-state index in [1.165, 1.54) is 5.56 Å². The van der Waals surface area contributed by atoms with Gasteiger partial charge in [0.2, 0.25) is 5.91 Å². The lowest BCUT2D eigenvalue weighted by atomic mass is 9.97. The number of rotatable bonds is 4. The maximum absolute atomic E-state index is 11.0. The number of benzene rings is 1. The number of hydrogen-bond acceptors (Lipinski definition) is 3. The maximum Gasteiger partial charge on any atom is 0.248 e. The Labute approximate surface area is 107 Å². The van der Waals surface area contributed by atoms with E-state index < -0.39 is 0 Å². The number of carbonyl (C=O) groups is 1. The summed E-state index contributed by atoms with van der Waals surface area (Å²) < 4.78 is 0. The molecule has 0 aromatic heterocycles. The highest BCUT2D eigenvalue weighted by atomic mass is 16.3. The molecule has 1 aliphatic rings. The molecule has 1 aromatic rings. The SMILES string of the molecule is NC(=O)c1ccc(CN2CCC(CO)CC2)cc1. The number of likely N-dealkylation sites (tertiary alicyclic amines) is 1. The van der Waals surface area contributed by atoms with Gasteiger partial charge in [-0.1, -0.05) is 12.1 Å². The first-order chi connectivity index (χ1) is 8.69. The fourth-order valence-electron chi connectivity index (χ4n) is 2.36. The third-order valence-corrected chi connectivity index (χ3v) is 3.61. The van der Waals surface area contributed by atoms with E-state index in [1.54, 1.807) is 12.1 Å².